The summed E-state index contributed by atoms with van der Waals surface area (Å²) in [6.45, 7) is 16.5. The molecule has 3 amide bonds. The minimum absolute atomic E-state index is 0.0486. The van der Waals surface area contributed by atoms with Crippen LogP contribution in [0.4, 0.5) is 4.79 Å². The lowest BCUT2D eigenvalue weighted by Crippen LogP contribution is -2.59. The number of carbonyl (C=O) groups is 3. The smallest absolute Gasteiger partial charge is 0.408 e. The summed E-state index contributed by atoms with van der Waals surface area (Å²) in [6.07, 6.45) is 1.10. The van der Waals surface area contributed by atoms with Crippen molar-refractivity contribution in [3.63, 3.8) is 0 Å². The molecular weight excluding hydrogens is 506 g/mol. The van der Waals surface area contributed by atoms with Crippen molar-refractivity contribution in [2.75, 3.05) is 0 Å². The number of para-hydroxylation sites is 1. The number of hydrogen-bond donors (Lipinski definition) is 3. The quantitative estimate of drug-likeness (QED) is 0.344. The maximum Gasteiger partial charge on any atom is 0.408 e. The standard InChI is InChI=1S/C32H47N3O5/c1-10-15-22(3)33-28(37)26(24-19-14-16-21(2)27(24)36)35(31(4,5)6)29(38)25(20-23-17-12-11-13-18-23)34-30(39)40-32(7,8)9/h11-14,16-19,22,25-26,36H,10,15,20H2,1-9H3,(H,33,37)(H,34,39). The van der Waals surface area contributed by atoms with Crippen molar-refractivity contribution in [2.45, 2.75) is 111 Å². The molecule has 0 aliphatic heterocycles. The minimum Gasteiger partial charge on any atom is -0.507 e. The monoisotopic (exact) mass is 553 g/mol. The number of benzene rings is 2. The number of carbonyl (C=O) groups excluding carboxylic acids is 3. The van der Waals surface area contributed by atoms with Gasteiger partial charge in [0, 0.05) is 23.6 Å². The van der Waals surface area contributed by atoms with Crippen LogP contribution in [0, 0.1) is 6.92 Å². The summed E-state index contributed by atoms with van der Waals surface area (Å²) in [6, 6.07) is 12.2. The molecule has 0 radical (unpaired) electrons. The number of alkyl carbamates (subject to hydrolysis) is 1. The topological polar surface area (TPSA) is 108 Å². The molecule has 2 rings (SSSR count). The highest BCUT2D eigenvalue weighted by molar-refractivity contribution is 5.93. The van der Waals surface area contributed by atoms with E-state index in [4.69, 9.17) is 4.74 Å². The number of aryl methyl sites for hydroxylation is 1. The molecule has 0 heterocycles. The second-order valence-corrected chi connectivity index (χ2v) is 12.4. The number of nitrogens with one attached hydrogen (secondary N) is 2. The number of rotatable bonds is 10. The van der Waals surface area contributed by atoms with Crippen LogP contribution in [0.1, 0.15) is 91.0 Å². The Morgan fingerprint density at radius 2 is 1.57 bits per heavy atom. The molecule has 0 aliphatic rings. The summed E-state index contributed by atoms with van der Waals surface area (Å²) in [5.74, 6) is -0.917. The van der Waals surface area contributed by atoms with Gasteiger partial charge in [-0.1, -0.05) is 61.9 Å². The average Bonchev–Trinajstić information content (AvgIpc) is 2.82. The van der Waals surface area contributed by atoms with Gasteiger partial charge in [0.25, 0.3) is 0 Å². The molecule has 3 unspecified atom stereocenters. The van der Waals surface area contributed by atoms with Gasteiger partial charge in [-0.15, -0.1) is 0 Å². The normalized spacial score (nSPS) is 14.0. The first-order chi connectivity index (χ1) is 18.5. The molecule has 0 saturated carbocycles. The summed E-state index contributed by atoms with van der Waals surface area (Å²) in [7, 11) is 0. The third kappa shape index (κ3) is 9.28. The number of nitrogens with zero attached hydrogens (tertiary/aromatic N) is 1. The SMILES string of the molecule is CCCC(C)NC(=O)C(c1cccc(C)c1O)N(C(=O)C(Cc1ccccc1)NC(=O)OC(C)(C)C)C(C)(C)C. The van der Waals surface area contributed by atoms with Gasteiger partial charge in [0.15, 0.2) is 0 Å². The van der Waals surface area contributed by atoms with Crippen LogP contribution >= 0.6 is 0 Å². The van der Waals surface area contributed by atoms with E-state index >= 15 is 0 Å². The van der Waals surface area contributed by atoms with E-state index in [9.17, 15) is 19.5 Å². The van der Waals surface area contributed by atoms with Crippen molar-refractivity contribution in [1.29, 1.82) is 0 Å². The zero-order valence-corrected chi connectivity index (χ0v) is 25.5. The third-order valence-electron chi connectivity index (χ3n) is 6.41. The average molecular weight is 554 g/mol. The minimum atomic E-state index is -1.15. The van der Waals surface area contributed by atoms with Crippen molar-refractivity contribution in [1.82, 2.24) is 15.5 Å². The fourth-order valence-corrected chi connectivity index (χ4v) is 4.64. The summed E-state index contributed by atoms with van der Waals surface area (Å²) in [5.41, 5.74) is 0.112. The van der Waals surface area contributed by atoms with Gasteiger partial charge < -0.3 is 25.4 Å². The Morgan fingerprint density at radius 1 is 0.950 bits per heavy atom. The van der Waals surface area contributed by atoms with Crippen molar-refractivity contribution in [3.8, 4) is 5.75 Å². The Labute approximate surface area is 239 Å². The Kier molecular flexibility index (Phi) is 11.2. The molecule has 8 heteroatoms. The maximum atomic E-state index is 14.5. The molecule has 2 aromatic carbocycles. The van der Waals surface area contributed by atoms with Gasteiger partial charge in [-0.2, -0.15) is 0 Å². The van der Waals surface area contributed by atoms with Crippen LogP contribution in [0.15, 0.2) is 48.5 Å². The van der Waals surface area contributed by atoms with E-state index in [0.717, 1.165) is 18.4 Å². The van der Waals surface area contributed by atoms with Gasteiger partial charge in [-0.25, -0.2) is 4.79 Å². The first-order valence-corrected chi connectivity index (χ1v) is 14.0. The highest BCUT2D eigenvalue weighted by Gasteiger charge is 2.43. The molecule has 2 aromatic rings. The van der Waals surface area contributed by atoms with Crippen molar-refractivity contribution in [2.24, 2.45) is 0 Å². The molecule has 40 heavy (non-hydrogen) atoms. The Hall–Kier alpha value is -3.55. The van der Waals surface area contributed by atoms with Crippen LogP contribution in [0.3, 0.4) is 0 Å². The van der Waals surface area contributed by atoms with Crippen LogP contribution < -0.4 is 10.6 Å². The van der Waals surface area contributed by atoms with E-state index in [1.165, 1.54) is 4.90 Å². The molecular formula is C32H47N3O5. The molecule has 0 aliphatic carbocycles. The number of aromatic hydroxyl groups is 1. The Bertz CT molecular complexity index is 1150. The van der Waals surface area contributed by atoms with E-state index < -0.39 is 41.1 Å². The van der Waals surface area contributed by atoms with E-state index in [2.05, 4.69) is 10.6 Å². The third-order valence-corrected chi connectivity index (χ3v) is 6.41. The van der Waals surface area contributed by atoms with Crippen LogP contribution in [0.25, 0.3) is 0 Å². The lowest BCUT2D eigenvalue weighted by molar-refractivity contribution is -0.148. The first kappa shape index (κ1) is 32.7. The second-order valence-electron chi connectivity index (χ2n) is 12.4. The predicted molar refractivity (Wildman–Crippen MR) is 158 cm³/mol. The summed E-state index contributed by atoms with van der Waals surface area (Å²) in [4.78, 5) is 42.8. The molecule has 0 fully saturated rings. The van der Waals surface area contributed by atoms with Crippen LogP contribution in [0.5, 0.6) is 5.75 Å². The largest absolute Gasteiger partial charge is 0.507 e. The van der Waals surface area contributed by atoms with E-state index in [0.29, 0.717) is 11.1 Å². The van der Waals surface area contributed by atoms with Gasteiger partial charge in [-0.3, -0.25) is 9.59 Å². The lowest BCUT2D eigenvalue weighted by atomic mass is 9.92. The van der Waals surface area contributed by atoms with E-state index in [-0.39, 0.29) is 18.2 Å². The lowest BCUT2D eigenvalue weighted by Gasteiger charge is -2.43. The zero-order valence-electron chi connectivity index (χ0n) is 25.5. The van der Waals surface area contributed by atoms with Crippen molar-refractivity contribution in [3.05, 3.63) is 65.2 Å². The molecule has 0 spiro atoms. The highest BCUT2D eigenvalue weighted by atomic mass is 16.6. The van der Waals surface area contributed by atoms with Gasteiger partial charge in [-0.05, 0) is 72.9 Å². The molecule has 220 valence electrons. The van der Waals surface area contributed by atoms with Crippen LogP contribution in [-0.2, 0) is 20.7 Å². The van der Waals surface area contributed by atoms with E-state index in [1.54, 1.807) is 45.9 Å². The highest BCUT2D eigenvalue weighted by Crippen LogP contribution is 2.36. The van der Waals surface area contributed by atoms with Gasteiger partial charge in [0.05, 0.1) is 0 Å². The second kappa shape index (κ2) is 13.7. The molecule has 0 aromatic heterocycles. The zero-order chi connectivity index (χ0) is 30.3. The summed E-state index contributed by atoms with van der Waals surface area (Å²) < 4.78 is 5.49. The van der Waals surface area contributed by atoms with Crippen LogP contribution in [-0.4, -0.2) is 51.1 Å². The number of hydrogen-bond acceptors (Lipinski definition) is 5. The van der Waals surface area contributed by atoms with Crippen molar-refractivity contribution < 1.29 is 24.2 Å². The summed E-state index contributed by atoms with van der Waals surface area (Å²) in [5, 5.41) is 16.9. The van der Waals surface area contributed by atoms with Gasteiger partial charge in [0.2, 0.25) is 11.8 Å². The Morgan fingerprint density at radius 3 is 2.12 bits per heavy atom. The molecule has 3 atom stereocenters. The molecule has 0 bridgehead atoms. The fraction of sp³-hybridized carbons (Fsp3) is 0.531. The molecule has 8 nitrogen and oxygen atoms in total. The Balaban J connectivity index is 2.66. The number of amides is 3. The number of phenols is 1. The number of ether oxygens (including phenoxy) is 1. The maximum absolute atomic E-state index is 14.5. The summed E-state index contributed by atoms with van der Waals surface area (Å²) >= 11 is 0. The molecule has 0 saturated heterocycles. The molecule has 3 N–H and O–H groups in total. The van der Waals surface area contributed by atoms with Gasteiger partial charge in [0.1, 0.15) is 23.4 Å². The van der Waals surface area contributed by atoms with Crippen molar-refractivity contribution >= 4 is 17.9 Å². The van der Waals surface area contributed by atoms with E-state index in [1.807, 2.05) is 65.0 Å². The first-order valence-electron chi connectivity index (χ1n) is 14.0. The number of phenolic OH excluding ortho intramolecular Hbond substituents is 1. The predicted octanol–water partition coefficient (Wildman–Crippen LogP) is 5.81. The fourth-order valence-electron chi connectivity index (χ4n) is 4.64. The van der Waals surface area contributed by atoms with Gasteiger partial charge >= 0.3 is 6.09 Å². The van der Waals surface area contributed by atoms with Crippen LogP contribution in [0.2, 0.25) is 0 Å².